The topological polar surface area (TPSA) is 12.0 Å². The van der Waals surface area contributed by atoms with Crippen molar-refractivity contribution in [1.29, 1.82) is 0 Å². The Morgan fingerprint density at radius 2 is 2.05 bits per heavy atom. The van der Waals surface area contributed by atoms with Crippen LogP contribution in [-0.4, -0.2) is 34.6 Å². The van der Waals surface area contributed by atoms with Crippen LogP contribution in [0, 0.1) is 0 Å². The summed E-state index contributed by atoms with van der Waals surface area (Å²) in [5.41, 5.74) is 1.51. The molecular formula is C17H23NS3. The van der Waals surface area contributed by atoms with Gasteiger partial charge in [-0.2, -0.15) is 23.5 Å². The highest BCUT2D eigenvalue weighted by Gasteiger charge is 2.30. The minimum absolute atomic E-state index is 0.565. The van der Waals surface area contributed by atoms with E-state index in [0.29, 0.717) is 11.3 Å². The van der Waals surface area contributed by atoms with E-state index in [2.05, 4.69) is 79.4 Å². The highest BCUT2D eigenvalue weighted by atomic mass is 32.2. The number of hydrogen-bond donors (Lipinski definition) is 1. The van der Waals surface area contributed by atoms with Crippen molar-refractivity contribution in [2.24, 2.45) is 0 Å². The minimum Gasteiger partial charge on any atom is -0.316 e. The van der Waals surface area contributed by atoms with E-state index in [1.807, 2.05) is 11.3 Å². The van der Waals surface area contributed by atoms with Crippen LogP contribution in [0.25, 0.3) is 10.1 Å². The number of hydrogen-bond acceptors (Lipinski definition) is 4. The van der Waals surface area contributed by atoms with Gasteiger partial charge in [0.05, 0.1) is 0 Å². The molecular weight excluding hydrogens is 314 g/mol. The van der Waals surface area contributed by atoms with Crippen molar-refractivity contribution >= 4 is 44.9 Å². The van der Waals surface area contributed by atoms with E-state index >= 15 is 0 Å². The number of thioether (sulfide) groups is 2. The third-order valence-corrected chi connectivity index (χ3v) is 8.96. The van der Waals surface area contributed by atoms with E-state index < -0.39 is 0 Å². The van der Waals surface area contributed by atoms with E-state index in [4.69, 9.17) is 0 Å². The molecule has 4 unspecified atom stereocenters. The van der Waals surface area contributed by atoms with Crippen LogP contribution in [-0.2, 0) is 6.42 Å². The Hall–Kier alpha value is -0.160. The first-order valence-corrected chi connectivity index (χ1v) is 10.5. The molecule has 0 bridgehead atoms. The van der Waals surface area contributed by atoms with Gasteiger partial charge in [0.2, 0.25) is 0 Å². The first-order valence-electron chi connectivity index (χ1n) is 7.58. The molecule has 1 aromatic heterocycles. The SMILES string of the molecule is CNC(Cc1csc2ccccc12)C1CSC(C)C(C)S1. The van der Waals surface area contributed by atoms with Gasteiger partial charge in [-0.3, -0.25) is 0 Å². The van der Waals surface area contributed by atoms with Gasteiger partial charge in [-0.25, -0.2) is 0 Å². The lowest BCUT2D eigenvalue weighted by Gasteiger charge is -2.35. The monoisotopic (exact) mass is 337 g/mol. The van der Waals surface area contributed by atoms with Crippen LogP contribution in [0.4, 0.5) is 0 Å². The molecule has 1 nitrogen and oxygen atoms in total. The number of thiophene rings is 1. The zero-order chi connectivity index (χ0) is 14.8. The van der Waals surface area contributed by atoms with Gasteiger partial charge in [-0.05, 0) is 35.9 Å². The summed E-state index contributed by atoms with van der Waals surface area (Å²) in [4.78, 5) is 0. The molecule has 1 saturated heterocycles. The predicted molar refractivity (Wildman–Crippen MR) is 101 cm³/mol. The minimum atomic E-state index is 0.565. The lowest BCUT2D eigenvalue weighted by molar-refractivity contribution is 0.556. The molecule has 114 valence electrons. The summed E-state index contributed by atoms with van der Waals surface area (Å²) in [6, 6.07) is 9.35. The number of fused-ring (bicyclic) bond motifs is 1. The third kappa shape index (κ3) is 3.44. The molecule has 4 atom stereocenters. The van der Waals surface area contributed by atoms with Gasteiger partial charge in [0.25, 0.3) is 0 Å². The largest absolute Gasteiger partial charge is 0.316 e. The van der Waals surface area contributed by atoms with Crippen LogP contribution in [0.15, 0.2) is 29.6 Å². The zero-order valence-electron chi connectivity index (χ0n) is 12.8. The Bertz CT molecular complexity index is 594. The van der Waals surface area contributed by atoms with Crippen molar-refractivity contribution in [2.75, 3.05) is 12.8 Å². The van der Waals surface area contributed by atoms with Crippen molar-refractivity contribution in [2.45, 2.75) is 42.1 Å². The average molecular weight is 338 g/mol. The Morgan fingerprint density at radius 3 is 2.81 bits per heavy atom. The van der Waals surface area contributed by atoms with Crippen LogP contribution in [0.2, 0.25) is 0 Å². The summed E-state index contributed by atoms with van der Waals surface area (Å²) >= 11 is 6.18. The van der Waals surface area contributed by atoms with Crippen molar-refractivity contribution in [3.8, 4) is 0 Å². The van der Waals surface area contributed by atoms with E-state index in [-0.39, 0.29) is 0 Å². The molecule has 4 heteroatoms. The fraction of sp³-hybridized carbons (Fsp3) is 0.529. The quantitative estimate of drug-likeness (QED) is 0.871. The van der Waals surface area contributed by atoms with Crippen LogP contribution in [0.1, 0.15) is 19.4 Å². The molecule has 1 aliphatic heterocycles. The fourth-order valence-electron chi connectivity index (χ4n) is 2.87. The van der Waals surface area contributed by atoms with Crippen molar-refractivity contribution in [1.82, 2.24) is 5.32 Å². The molecule has 1 N–H and O–H groups in total. The summed E-state index contributed by atoms with van der Waals surface area (Å²) in [6.07, 6.45) is 1.14. The van der Waals surface area contributed by atoms with Gasteiger partial charge in [0, 0.05) is 32.2 Å². The molecule has 0 spiro atoms. The standard InChI is InChI=1S/C17H23NS3/c1-11-12(2)21-17(10-19-11)15(18-3)8-13-9-20-16-7-5-4-6-14(13)16/h4-7,9,11-12,15,17-18H,8,10H2,1-3H3. The summed E-state index contributed by atoms with van der Waals surface area (Å²) in [6.45, 7) is 4.74. The molecule has 21 heavy (non-hydrogen) atoms. The van der Waals surface area contributed by atoms with Crippen molar-refractivity contribution < 1.29 is 0 Å². The van der Waals surface area contributed by atoms with Crippen molar-refractivity contribution in [3.05, 3.63) is 35.2 Å². The normalized spacial score (nSPS) is 27.9. The second-order valence-electron chi connectivity index (χ2n) is 5.77. The summed E-state index contributed by atoms with van der Waals surface area (Å²) in [7, 11) is 2.12. The summed E-state index contributed by atoms with van der Waals surface area (Å²) in [5.74, 6) is 1.27. The van der Waals surface area contributed by atoms with E-state index in [9.17, 15) is 0 Å². The van der Waals surface area contributed by atoms with Crippen LogP contribution in [0.3, 0.4) is 0 Å². The number of nitrogens with one attached hydrogen (secondary N) is 1. The lowest BCUT2D eigenvalue weighted by Crippen LogP contribution is -2.43. The Kier molecular flexibility index (Phi) is 5.20. The molecule has 3 rings (SSSR count). The molecule has 1 aromatic carbocycles. The smallest absolute Gasteiger partial charge is 0.0345 e. The Morgan fingerprint density at radius 1 is 1.24 bits per heavy atom. The molecule has 1 aliphatic rings. The maximum Gasteiger partial charge on any atom is 0.0345 e. The van der Waals surface area contributed by atoms with Gasteiger partial charge >= 0.3 is 0 Å². The highest BCUT2D eigenvalue weighted by molar-refractivity contribution is 8.07. The Balaban J connectivity index is 1.75. The third-order valence-electron chi connectivity index (χ3n) is 4.39. The highest BCUT2D eigenvalue weighted by Crippen LogP contribution is 2.38. The van der Waals surface area contributed by atoms with Gasteiger partial charge in [-0.15, -0.1) is 11.3 Å². The van der Waals surface area contributed by atoms with E-state index in [0.717, 1.165) is 16.9 Å². The zero-order valence-corrected chi connectivity index (χ0v) is 15.3. The Labute approximate surface area is 140 Å². The van der Waals surface area contributed by atoms with Crippen LogP contribution < -0.4 is 5.32 Å². The molecule has 0 saturated carbocycles. The number of likely N-dealkylation sites (N-methyl/N-ethyl adjacent to an activating group) is 1. The maximum absolute atomic E-state index is 3.58. The molecule has 2 heterocycles. The summed E-state index contributed by atoms with van der Waals surface area (Å²) in [5, 5.41) is 9.62. The first kappa shape index (κ1) is 15.7. The molecule has 0 radical (unpaired) electrons. The lowest BCUT2D eigenvalue weighted by atomic mass is 10.0. The second-order valence-corrected chi connectivity index (χ2v) is 9.72. The maximum atomic E-state index is 3.58. The average Bonchev–Trinajstić information content (AvgIpc) is 2.91. The fourth-order valence-corrected chi connectivity index (χ4v) is 7.01. The van der Waals surface area contributed by atoms with E-state index in [1.54, 1.807) is 0 Å². The first-order chi connectivity index (χ1) is 10.2. The van der Waals surface area contributed by atoms with Crippen LogP contribution in [0.5, 0.6) is 0 Å². The molecule has 2 aromatic rings. The van der Waals surface area contributed by atoms with Gasteiger partial charge in [0.1, 0.15) is 0 Å². The van der Waals surface area contributed by atoms with Gasteiger partial charge in [0.15, 0.2) is 0 Å². The molecule has 0 amide bonds. The second kappa shape index (κ2) is 6.95. The molecule has 0 aliphatic carbocycles. The summed E-state index contributed by atoms with van der Waals surface area (Å²) < 4.78 is 1.41. The molecule has 1 fully saturated rings. The predicted octanol–water partition coefficient (Wildman–Crippen LogP) is 4.66. The van der Waals surface area contributed by atoms with Gasteiger partial charge in [-0.1, -0.05) is 32.0 Å². The van der Waals surface area contributed by atoms with E-state index in [1.165, 1.54) is 21.4 Å². The number of rotatable bonds is 4. The number of benzene rings is 1. The van der Waals surface area contributed by atoms with Gasteiger partial charge < -0.3 is 5.32 Å². The van der Waals surface area contributed by atoms with Crippen LogP contribution >= 0.6 is 34.9 Å². The van der Waals surface area contributed by atoms with Crippen molar-refractivity contribution in [3.63, 3.8) is 0 Å².